The van der Waals surface area contributed by atoms with Gasteiger partial charge in [0.1, 0.15) is 5.75 Å². The second kappa shape index (κ2) is 5.35. The summed E-state index contributed by atoms with van der Waals surface area (Å²) in [5, 5.41) is 12.9. The summed E-state index contributed by atoms with van der Waals surface area (Å²) in [6.07, 6.45) is 6.38. The zero-order chi connectivity index (χ0) is 11.4. The van der Waals surface area contributed by atoms with Crippen molar-refractivity contribution in [3.63, 3.8) is 0 Å². The van der Waals surface area contributed by atoms with Gasteiger partial charge in [-0.1, -0.05) is 25.0 Å². The maximum absolute atomic E-state index is 9.45. The first-order valence-corrected chi connectivity index (χ1v) is 6.25. The normalized spacial score (nSPS) is 25.6. The van der Waals surface area contributed by atoms with Crippen LogP contribution >= 0.6 is 0 Å². The average molecular weight is 219 g/mol. The van der Waals surface area contributed by atoms with Crippen molar-refractivity contribution in [1.82, 2.24) is 5.32 Å². The van der Waals surface area contributed by atoms with Gasteiger partial charge < -0.3 is 10.4 Å². The lowest BCUT2D eigenvalue weighted by Crippen LogP contribution is -2.37. The summed E-state index contributed by atoms with van der Waals surface area (Å²) in [5.74, 6) is 1.11. The van der Waals surface area contributed by atoms with Crippen LogP contribution < -0.4 is 5.32 Å². The van der Waals surface area contributed by atoms with Gasteiger partial charge in [-0.15, -0.1) is 0 Å². The zero-order valence-corrected chi connectivity index (χ0v) is 9.95. The molecule has 2 unspecified atom stereocenters. The minimum atomic E-state index is 0.384. The van der Waals surface area contributed by atoms with Crippen molar-refractivity contribution in [1.29, 1.82) is 0 Å². The topological polar surface area (TPSA) is 32.3 Å². The highest BCUT2D eigenvalue weighted by Gasteiger charge is 2.23. The minimum absolute atomic E-state index is 0.384. The molecular formula is C14H21NO. The van der Waals surface area contributed by atoms with Crippen LogP contribution in [0.1, 0.15) is 31.2 Å². The van der Waals surface area contributed by atoms with Gasteiger partial charge in [-0.3, -0.25) is 0 Å². The highest BCUT2D eigenvalue weighted by Crippen LogP contribution is 2.28. The molecule has 16 heavy (non-hydrogen) atoms. The molecule has 0 heterocycles. The third-order valence-corrected chi connectivity index (χ3v) is 3.69. The number of benzene rings is 1. The molecule has 2 rings (SSSR count). The first-order chi connectivity index (χ1) is 7.79. The molecule has 1 aliphatic carbocycles. The van der Waals surface area contributed by atoms with Gasteiger partial charge in [0.05, 0.1) is 0 Å². The molecular weight excluding hydrogens is 198 g/mol. The molecule has 0 spiro atoms. The Bertz CT molecular complexity index is 337. The van der Waals surface area contributed by atoms with Crippen LogP contribution in [0.3, 0.4) is 0 Å². The Kier molecular flexibility index (Phi) is 3.83. The largest absolute Gasteiger partial charge is 0.508 e. The van der Waals surface area contributed by atoms with E-state index in [4.69, 9.17) is 0 Å². The molecule has 88 valence electrons. The summed E-state index contributed by atoms with van der Waals surface area (Å²) in [7, 11) is 2.06. The van der Waals surface area contributed by atoms with Gasteiger partial charge in [-0.25, -0.2) is 0 Å². The Balaban J connectivity index is 2.02. The van der Waals surface area contributed by atoms with Crippen LogP contribution in [-0.2, 0) is 6.42 Å². The van der Waals surface area contributed by atoms with E-state index in [9.17, 15) is 5.11 Å². The number of phenols is 1. The van der Waals surface area contributed by atoms with Crippen molar-refractivity contribution < 1.29 is 5.11 Å². The molecule has 0 amide bonds. The fraction of sp³-hybridized carbons (Fsp3) is 0.571. The van der Waals surface area contributed by atoms with Crippen molar-refractivity contribution >= 4 is 0 Å². The molecule has 2 atom stereocenters. The van der Waals surface area contributed by atoms with Crippen molar-refractivity contribution in [2.24, 2.45) is 5.92 Å². The summed E-state index contributed by atoms with van der Waals surface area (Å²) in [4.78, 5) is 0. The van der Waals surface area contributed by atoms with Crippen molar-refractivity contribution in [3.8, 4) is 5.75 Å². The van der Waals surface area contributed by atoms with Crippen LogP contribution in [0, 0.1) is 5.92 Å². The zero-order valence-electron chi connectivity index (χ0n) is 9.95. The number of nitrogens with one attached hydrogen (secondary N) is 1. The maximum atomic E-state index is 9.45. The molecule has 1 saturated carbocycles. The monoisotopic (exact) mass is 219 g/mol. The molecule has 0 saturated heterocycles. The number of phenolic OH excluding ortho intramolecular Hbond substituents is 1. The van der Waals surface area contributed by atoms with E-state index in [1.807, 2.05) is 12.1 Å². The predicted octanol–water partition coefficient (Wildman–Crippen LogP) is 2.71. The fourth-order valence-electron chi connectivity index (χ4n) is 2.82. The summed E-state index contributed by atoms with van der Waals surface area (Å²) >= 11 is 0. The Hall–Kier alpha value is -1.02. The van der Waals surface area contributed by atoms with E-state index in [-0.39, 0.29) is 0 Å². The van der Waals surface area contributed by atoms with Gasteiger partial charge >= 0.3 is 0 Å². The summed E-state index contributed by atoms with van der Waals surface area (Å²) in [5.41, 5.74) is 1.26. The predicted molar refractivity (Wildman–Crippen MR) is 66.6 cm³/mol. The van der Waals surface area contributed by atoms with E-state index in [1.54, 1.807) is 6.07 Å². The van der Waals surface area contributed by atoms with Gasteiger partial charge in [-0.05, 0) is 49.9 Å². The Morgan fingerprint density at radius 2 is 2.12 bits per heavy atom. The average Bonchev–Trinajstić information content (AvgIpc) is 2.30. The van der Waals surface area contributed by atoms with E-state index in [1.165, 1.54) is 31.2 Å². The van der Waals surface area contributed by atoms with Gasteiger partial charge in [0, 0.05) is 6.04 Å². The molecule has 2 nitrogen and oxygen atoms in total. The summed E-state index contributed by atoms with van der Waals surface area (Å²) in [6.45, 7) is 0. The van der Waals surface area contributed by atoms with Crippen LogP contribution in [0.15, 0.2) is 24.3 Å². The van der Waals surface area contributed by atoms with Crippen molar-refractivity contribution in [2.75, 3.05) is 7.05 Å². The van der Waals surface area contributed by atoms with Crippen LogP contribution in [0.4, 0.5) is 0 Å². The molecule has 1 aromatic carbocycles. The number of aromatic hydroxyl groups is 1. The van der Waals surface area contributed by atoms with E-state index >= 15 is 0 Å². The van der Waals surface area contributed by atoms with Crippen LogP contribution in [0.25, 0.3) is 0 Å². The van der Waals surface area contributed by atoms with Crippen molar-refractivity contribution in [2.45, 2.75) is 38.1 Å². The smallest absolute Gasteiger partial charge is 0.115 e. The van der Waals surface area contributed by atoms with E-state index in [0.29, 0.717) is 11.8 Å². The van der Waals surface area contributed by atoms with Gasteiger partial charge in [-0.2, -0.15) is 0 Å². The summed E-state index contributed by atoms with van der Waals surface area (Å²) in [6, 6.07) is 8.32. The number of hydrogen-bond acceptors (Lipinski definition) is 2. The summed E-state index contributed by atoms with van der Waals surface area (Å²) < 4.78 is 0. The minimum Gasteiger partial charge on any atom is -0.508 e. The Labute approximate surface area is 97.7 Å². The third kappa shape index (κ3) is 2.76. The quantitative estimate of drug-likeness (QED) is 0.819. The van der Waals surface area contributed by atoms with E-state index in [2.05, 4.69) is 18.4 Å². The molecule has 2 heteroatoms. The van der Waals surface area contributed by atoms with E-state index < -0.39 is 0 Å². The van der Waals surface area contributed by atoms with Crippen molar-refractivity contribution in [3.05, 3.63) is 29.8 Å². The standard InChI is InChI=1S/C14H21NO/c1-15-14-8-3-2-6-12(14)9-11-5-4-7-13(16)10-11/h4-5,7,10,12,14-16H,2-3,6,8-9H2,1H3. The number of rotatable bonds is 3. The SMILES string of the molecule is CNC1CCCCC1Cc1cccc(O)c1. The highest BCUT2D eigenvalue weighted by molar-refractivity contribution is 5.27. The molecule has 0 aromatic heterocycles. The Morgan fingerprint density at radius 1 is 1.31 bits per heavy atom. The second-order valence-electron chi connectivity index (χ2n) is 4.81. The molecule has 1 aliphatic rings. The lowest BCUT2D eigenvalue weighted by atomic mass is 9.81. The fourth-order valence-corrected chi connectivity index (χ4v) is 2.82. The molecule has 1 aromatic rings. The highest BCUT2D eigenvalue weighted by atomic mass is 16.3. The molecule has 0 radical (unpaired) electrons. The van der Waals surface area contributed by atoms with Crippen LogP contribution in [0.2, 0.25) is 0 Å². The Morgan fingerprint density at radius 3 is 2.88 bits per heavy atom. The number of hydrogen-bond donors (Lipinski definition) is 2. The molecule has 0 aliphatic heterocycles. The van der Waals surface area contributed by atoms with Gasteiger partial charge in [0.15, 0.2) is 0 Å². The lowest BCUT2D eigenvalue weighted by Gasteiger charge is -2.31. The van der Waals surface area contributed by atoms with Gasteiger partial charge in [0.25, 0.3) is 0 Å². The lowest BCUT2D eigenvalue weighted by molar-refractivity contribution is 0.272. The van der Waals surface area contributed by atoms with E-state index in [0.717, 1.165) is 12.3 Å². The third-order valence-electron chi connectivity index (χ3n) is 3.69. The first-order valence-electron chi connectivity index (χ1n) is 6.25. The van der Waals surface area contributed by atoms with Crippen LogP contribution in [-0.4, -0.2) is 18.2 Å². The molecule has 2 N–H and O–H groups in total. The molecule has 1 fully saturated rings. The van der Waals surface area contributed by atoms with Crippen LogP contribution in [0.5, 0.6) is 5.75 Å². The maximum Gasteiger partial charge on any atom is 0.115 e. The second-order valence-corrected chi connectivity index (χ2v) is 4.81. The molecule has 0 bridgehead atoms. The van der Waals surface area contributed by atoms with Gasteiger partial charge in [0.2, 0.25) is 0 Å². The first kappa shape index (κ1) is 11.5.